The molecule has 0 saturated heterocycles. The van der Waals surface area contributed by atoms with Crippen molar-refractivity contribution >= 4 is 11.4 Å². The highest BCUT2D eigenvalue weighted by atomic mass is 15.1. The van der Waals surface area contributed by atoms with Gasteiger partial charge in [-0.1, -0.05) is 30.3 Å². The van der Waals surface area contributed by atoms with Crippen LogP contribution in [-0.2, 0) is 13.0 Å². The van der Waals surface area contributed by atoms with Crippen LogP contribution in [0.4, 0.5) is 11.4 Å². The molecule has 0 unspecified atom stereocenters. The van der Waals surface area contributed by atoms with Crippen LogP contribution in [0, 0.1) is 6.92 Å². The minimum atomic E-state index is 0.956. The van der Waals surface area contributed by atoms with Crippen LogP contribution >= 0.6 is 0 Å². The molecule has 20 heavy (non-hydrogen) atoms. The topological polar surface area (TPSA) is 15.3 Å². The van der Waals surface area contributed by atoms with E-state index in [1.807, 2.05) is 0 Å². The Bertz CT molecular complexity index is 604. The summed E-state index contributed by atoms with van der Waals surface area (Å²) in [6.07, 6.45) is 2.44. The van der Waals surface area contributed by atoms with Crippen molar-refractivity contribution in [2.75, 3.05) is 23.8 Å². The molecule has 0 aromatic heterocycles. The maximum absolute atomic E-state index is 3.47. The molecule has 0 radical (unpaired) electrons. The fourth-order valence-corrected chi connectivity index (χ4v) is 2.98. The predicted molar refractivity (Wildman–Crippen MR) is 86.5 cm³/mol. The van der Waals surface area contributed by atoms with Gasteiger partial charge in [-0.3, -0.25) is 0 Å². The van der Waals surface area contributed by atoms with E-state index in [9.17, 15) is 0 Å². The highest BCUT2D eigenvalue weighted by molar-refractivity contribution is 5.56. The van der Waals surface area contributed by atoms with Crippen LogP contribution < -0.4 is 10.2 Å². The largest absolute Gasteiger partial charge is 0.385 e. The number of para-hydroxylation sites is 1. The van der Waals surface area contributed by atoms with Crippen molar-refractivity contribution in [3.63, 3.8) is 0 Å². The van der Waals surface area contributed by atoms with E-state index in [2.05, 4.69) is 66.7 Å². The van der Waals surface area contributed by atoms with E-state index in [-0.39, 0.29) is 0 Å². The number of hydrogen-bond acceptors (Lipinski definition) is 2. The van der Waals surface area contributed by atoms with Gasteiger partial charge in [0, 0.05) is 31.5 Å². The molecule has 2 heteroatoms. The minimum absolute atomic E-state index is 0.956. The van der Waals surface area contributed by atoms with Crippen LogP contribution in [0.15, 0.2) is 42.5 Å². The molecule has 2 aromatic rings. The SMILES string of the molecule is Cc1ccccc1N(C)Cc1ccc2c(c1)CCCN2. The van der Waals surface area contributed by atoms with Gasteiger partial charge in [0.05, 0.1) is 0 Å². The molecule has 1 aliphatic rings. The van der Waals surface area contributed by atoms with Crippen LogP contribution in [0.1, 0.15) is 23.1 Å². The van der Waals surface area contributed by atoms with Crippen molar-refractivity contribution in [2.45, 2.75) is 26.3 Å². The number of hydrogen-bond donors (Lipinski definition) is 1. The molecule has 0 atom stereocenters. The zero-order valence-corrected chi connectivity index (χ0v) is 12.3. The monoisotopic (exact) mass is 266 g/mol. The van der Waals surface area contributed by atoms with Crippen molar-refractivity contribution in [1.29, 1.82) is 0 Å². The van der Waals surface area contributed by atoms with Gasteiger partial charge in [-0.25, -0.2) is 0 Å². The number of rotatable bonds is 3. The Balaban J connectivity index is 1.79. The van der Waals surface area contributed by atoms with Gasteiger partial charge in [-0.05, 0) is 48.6 Å². The maximum Gasteiger partial charge on any atom is 0.0426 e. The zero-order chi connectivity index (χ0) is 13.9. The van der Waals surface area contributed by atoms with Crippen LogP contribution in [-0.4, -0.2) is 13.6 Å². The van der Waals surface area contributed by atoms with E-state index < -0.39 is 0 Å². The number of anilines is 2. The lowest BCUT2D eigenvalue weighted by Gasteiger charge is -2.23. The lowest BCUT2D eigenvalue weighted by Crippen LogP contribution is -2.18. The number of nitrogens with zero attached hydrogens (tertiary/aromatic N) is 1. The molecule has 0 fully saturated rings. The first kappa shape index (κ1) is 13.0. The molecule has 3 rings (SSSR count). The second kappa shape index (κ2) is 5.58. The van der Waals surface area contributed by atoms with Gasteiger partial charge >= 0.3 is 0 Å². The second-order valence-corrected chi connectivity index (χ2v) is 5.66. The van der Waals surface area contributed by atoms with Gasteiger partial charge in [0.1, 0.15) is 0 Å². The molecular formula is C18H22N2. The molecule has 1 heterocycles. The number of fused-ring (bicyclic) bond motifs is 1. The third-order valence-corrected chi connectivity index (χ3v) is 4.05. The summed E-state index contributed by atoms with van der Waals surface area (Å²) < 4.78 is 0. The van der Waals surface area contributed by atoms with Crippen molar-refractivity contribution in [3.05, 3.63) is 59.2 Å². The first-order valence-electron chi connectivity index (χ1n) is 7.36. The Labute approximate surface area is 121 Å². The molecule has 0 saturated carbocycles. The molecule has 0 aliphatic carbocycles. The van der Waals surface area contributed by atoms with Gasteiger partial charge in [0.25, 0.3) is 0 Å². The van der Waals surface area contributed by atoms with E-state index in [4.69, 9.17) is 0 Å². The zero-order valence-electron chi connectivity index (χ0n) is 12.3. The first-order valence-corrected chi connectivity index (χ1v) is 7.36. The number of aryl methyl sites for hydroxylation is 2. The van der Waals surface area contributed by atoms with E-state index in [0.717, 1.165) is 13.1 Å². The van der Waals surface area contributed by atoms with Crippen LogP contribution in [0.3, 0.4) is 0 Å². The van der Waals surface area contributed by atoms with E-state index >= 15 is 0 Å². The summed E-state index contributed by atoms with van der Waals surface area (Å²) in [4.78, 5) is 2.33. The molecule has 0 spiro atoms. The smallest absolute Gasteiger partial charge is 0.0426 e. The Kier molecular flexibility index (Phi) is 3.64. The third kappa shape index (κ3) is 2.64. The minimum Gasteiger partial charge on any atom is -0.385 e. The average molecular weight is 266 g/mol. The first-order chi connectivity index (χ1) is 9.74. The summed E-state index contributed by atoms with van der Waals surface area (Å²) in [5, 5.41) is 3.47. The molecule has 0 amide bonds. The highest BCUT2D eigenvalue weighted by Gasteiger charge is 2.10. The summed E-state index contributed by atoms with van der Waals surface area (Å²) in [5.41, 5.74) is 6.81. The van der Waals surface area contributed by atoms with E-state index in [0.29, 0.717) is 0 Å². The van der Waals surface area contributed by atoms with Crippen LogP contribution in [0.2, 0.25) is 0 Å². The summed E-state index contributed by atoms with van der Waals surface area (Å²) in [7, 11) is 2.17. The second-order valence-electron chi connectivity index (χ2n) is 5.66. The van der Waals surface area contributed by atoms with Crippen LogP contribution in [0.5, 0.6) is 0 Å². The third-order valence-electron chi connectivity index (χ3n) is 4.05. The Morgan fingerprint density at radius 3 is 2.85 bits per heavy atom. The Hall–Kier alpha value is -1.96. The molecule has 1 N–H and O–H groups in total. The van der Waals surface area contributed by atoms with Gasteiger partial charge in [-0.15, -0.1) is 0 Å². The van der Waals surface area contributed by atoms with Crippen molar-refractivity contribution in [3.8, 4) is 0 Å². The molecule has 0 bridgehead atoms. The number of benzene rings is 2. The average Bonchev–Trinajstić information content (AvgIpc) is 2.47. The molecule has 1 aliphatic heterocycles. The summed E-state index contributed by atoms with van der Waals surface area (Å²) in [6, 6.07) is 15.4. The number of nitrogens with one attached hydrogen (secondary N) is 1. The van der Waals surface area contributed by atoms with Crippen LogP contribution in [0.25, 0.3) is 0 Å². The molecule has 2 nitrogen and oxygen atoms in total. The van der Waals surface area contributed by atoms with Gasteiger partial charge in [0.2, 0.25) is 0 Å². The predicted octanol–water partition coefficient (Wildman–Crippen LogP) is 3.99. The lowest BCUT2D eigenvalue weighted by atomic mass is 10.0. The maximum atomic E-state index is 3.47. The normalized spacial score (nSPS) is 13.5. The van der Waals surface area contributed by atoms with Gasteiger partial charge in [-0.2, -0.15) is 0 Å². The molecular weight excluding hydrogens is 244 g/mol. The summed E-state index contributed by atoms with van der Waals surface area (Å²) in [5.74, 6) is 0. The van der Waals surface area contributed by atoms with E-state index in [1.165, 1.54) is 40.9 Å². The van der Waals surface area contributed by atoms with Crippen molar-refractivity contribution in [2.24, 2.45) is 0 Å². The fourth-order valence-electron chi connectivity index (χ4n) is 2.98. The summed E-state index contributed by atoms with van der Waals surface area (Å²) in [6.45, 7) is 4.23. The summed E-state index contributed by atoms with van der Waals surface area (Å²) >= 11 is 0. The molecule has 104 valence electrons. The van der Waals surface area contributed by atoms with Gasteiger partial charge in [0.15, 0.2) is 0 Å². The fraction of sp³-hybridized carbons (Fsp3) is 0.333. The Morgan fingerprint density at radius 1 is 1.15 bits per heavy atom. The standard InChI is InChI=1S/C18H22N2/c1-14-6-3-4-8-18(14)20(2)13-15-9-10-17-16(12-15)7-5-11-19-17/h3-4,6,8-10,12,19H,5,7,11,13H2,1-2H3. The lowest BCUT2D eigenvalue weighted by molar-refractivity contribution is 0.824. The molecule has 2 aromatic carbocycles. The highest BCUT2D eigenvalue weighted by Crippen LogP contribution is 2.25. The van der Waals surface area contributed by atoms with Crippen molar-refractivity contribution < 1.29 is 0 Å². The van der Waals surface area contributed by atoms with Crippen molar-refractivity contribution in [1.82, 2.24) is 0 Å². The quantitative estimate of drug-likeness (QED) is 0.903. The van der Waals surface area contributed by atoms with E-state index in [1.54, 1.807) is 0 Å². The Morgan fingerprint density at radius 2 is 2.00 bits per heavy atom. The van der Waals surface area contributed by atoms with Gasteiger partial charge < -0.3 is 10.2 Å².